The Bertz CT molecular complexity index is 323. The maximum absolute atomic E-state index is 11.2. The largest absolute Gasteiger partial charge is 0.445 e. The van der Waals surface area contributed by atoms with Gasteiger partial charge in [-0.1, -0.05) is 12.7 Å². The van der Waals surface area contributed by atoms with Crippen molar-refractivity contribution in [2.24, 2.45) is 0 Å². The van der Waals surface area contributed by atoms with Crippen molar-refractivity contribution in [3.8, 4) is 0 Å². The molecule has 0 fully saturated rings. The molecule has 1 amide bonds. The van der Waals surface area contributed by atoms with Gasteiger partial charge in [-0.25, -0.2) is 9.59 Å². The first-order valence-corrected chi connectivity index (χ1v) is 4.75. The number of alkyl carbamates (subject to hydrolysis) is 1. The number of hydrogen-bond acceptors (Lipinski definition) is 5. The van der Waals surface area contributed by atoms with Crippen molar-refractivity contribution in [2.75, 3.05) is 13.2 Å². The molecular weight excluding hydrogens is 214 g/mol. The van der Waals surface area contributed by atoms with E-state index in [0.717, 1.165) is 6.08 Å². The van der Waals surface area contributed by atoms with E-state index in [1.165, 1.54) is 6.08 Å². The molecule has 0 aliphatic carbocycles. The Hall–Kier alpha value is -1.82. The second kappa shape index (κ2) is 5.92. The minimum Gasteiger partial charge on any atom is -0.445 e. The monoisotopic (exact) mass is 227 g/mol. The first-order chi connectivity index (χ1) is 7.67. The van der Waals surface area contributed by atoms with Gasteiger partial charge in [0.2, 0.25) is 6.29 Å². The number of ether oxygens (including phenoxy) is 3. The van der Waals surface area contributed by atoms with Crippen LogP contribution in [0, 0.1) is 0 Å². The van der Waals surface area contributed by atoms with Crippen molar-refractivity contribution in [2.45, 2.75) is 13.2 Å². The molecule has 1 rings (SSSR count). The van der Waals surface area contributed by atoms with E-state index in [1.54, 1.807) is 6.92 Å². The smallest absolute Gasteiger partial charge is 0.411 e. The van der Waals surface area contributed by atoms with E-state index in [0.29, 0.717) is 6.61 Å². The highest BCUT2D eigenvalue weighted by atomic mass is 16.7. The van der Waals surface area contributed by atoms with Gasteiger partial charge >= 0.3 is 12.1 Å². The van der Waals surface area contributed by atoms with E-state index in [1.807, 2.05) is 0 Å². The Balaban J connectivity index is 2.50. The zero-order valence-corrected chi connectivity index (χ0v) is 8.89. The van der Waals surface area contributed by atoms with Gasteiger partial charge in [0, 0.05) is 12.7 Å². The maximum atomic E-state index is 11.2. The molecule has 0 aromatic carbocycles. The van der Waals surface area contributed by atoms with Crippen LogP contribution in [0.1, 0.15) is 6.92 Å². The molecule has 0 aromatic heterocycles. The molecule has 6 nitrogen and oxygen atoms in total. The van der Waals surface area contributed by atoms with Crippen LogP contribution in [-0.4, -0.2) is 31.6 Å². The van der Waals surface area contributed by atoms with E-state index in [2.05, 4.69) is 16.6 Å². The average Bonchev–Trinajstić information content (AvgIpc) is 2.56. The molecule has 0 saturated carbocycles. The molecule has 0 spiro atoms. The molecule has 1 unspecified atom stereocenters. The van der Waals surface area contributed by atoms with Gasteiger partial charge in [0.15, 0.2) is 0 Å². The first-order valence-electron chi connectivity index (χ1n) is 4.75. The van der Waals surface area contributed by atoms with Crippen LogP contribution in [-0.2, 0) is 19.0 Å². The number of carbonyl (C=O) groups is 2. The molecule has 6 heteroatoms. The van der Waals surface area contributed by atoms with Crippen molar-refractivity contribution in [1.82, 2.24) is 5.32 Å². The first kappa shape index (κ1) is 12.3. The van der Waals surface area contributed by atoms with E-state index >= 15 is 0 Å². The zero-order valence-electron chi connectivity index (χ0n) is 8.89. The second-order valence-corrected chi connectivity index (χ2v) is 2.84. The summed E-state index contributed by atoms with van der Waals surface area (Å²) in [5, 5.41) is 2.36. The molecule has 0 aromatic rings. The van der Waals surface area contributed by atoms with Crippen molar-refractivity contribution in [3.05, 3.63) is 24.4 Å². The lowest BCUT2D eigenvalue weighted by molar-refractivity contribution is -0.159. The van der Waals surface area contributed by atoms with Gasteiger partial charge in [0.1, 0.15) is 6.61 Å². The van der Waals surface area contributed by atoms with Crippen LogP contribution >= 0.6 is 0 Å². The highest BCUT2D eigenvalue weighted by Gasteiger charge is 2.28. The van der Waals surface area contributed by atoms with Crippen LogP contribution in [0.5, 0.6) is 0 Å². The van der Waals surface area contributed by atoms with Gasteiger partial charge in [-0.3, -0.25) is 5.32 Å². The SMILES string of the molecule is C=CCOC(=O)NC1=CC(=O)OC1OCC. The summed E-state index contributed by atoms with van der Waals surface area (Å²) >= 11 is 0. The van der Waals surface area contributed by atoms with Gasteiger partial charge in [0.25, 0.3) is 0 Å². The fourth-order valence-electron chi connectivity index (χ4n) is 1.06. The molecule has 1 aliphatic heterocycles. The highest BCUT2D eigenvalue weighted by Crippen LogP contribution is 2.14. The maximum Gasteiger partial charge on any atom is 0.411 e. The molecule has 1 heterocycles. The van der Waals surface area contributed by atoms with Gasteiger partial charge in [-0.15, -0.1) is 0 Å². The number of carbonyl (C=O) groups excluding carboxylic acids is 2. The number of nitrogens with one attached hydrogen (secondary N) is 1. The summed E-state index contributed by atoms with van der Waals surface area (Å²) in [5.74, 6) is -0.558. The molecule has 0 radical (unpaired) electrons. The molecule has 1 N–H and O–H groups in total. The summed E-state index contributed by atoms with van der Waals surface area (Å²) in [5.41, 5.74) is 0.237. The van der Waals surface area contributed by atoms with E-state index in [9.17, 15) is 9.59 Å². The molecule has 88 valence electrons. The summed E-state index contributed by atoms with van der Waals surface area (Å²) in [6.07, 6.45) is 1.03. The van der Waals surface area contributed by atoms with Crippen LogP contribution in [0.15, 0.2) is 24.4 Å². The average molecular weight is 227 g/mol. The summed E-state index contributed by atoms with van der Waals surface area (Å²) < 4.78 is 14.5. The molecule has 1 aliphatic rings. The Morgan fingerprint density at radius 3 is 3.12 bits per heavy atom. The van der Waals surface area contributed by atoms with Crippen molar-refractivity contribution in [3.63, 3.8) is 0 Å². The lowest BCUT2D eigenvalue weighted by atomic mass is 10.4. The predicted molar refractivity (Wildman–Crippen MR) is 54.3 cm³/mol. The molecular formula is C10H13NO5. The van der Waals surface area contributed by atoms with Crippen LogP contribution in [0.25, 0.3) is 0 Å². The van der Waals surface area contributed by atoms with Crippen LogP contribution in [0.2, 0.25) is 0 Å². The lowest BCUT2D eigenvalue weighted by Crippen LogP contribution is -2.30. The number of amides is 1. The Kier molecular flexibility index (Phi) is 4.53. The number of rotatable bonds is 5. The summed E-state index contributed by atoms with van der Waals surface area (Å²) in [6.45, 7) is 5.60. The Morgan fingerprint density at radius 1 is 1.75 bits per heavy atom. The van der Waals surface area contributed by atoms with Crippen molar-refractivity contribution >= 4 is 12.1 Å². The third-order valence-corrected chi connectivity index (χ3v) is 1.65. The molecule has 16 heavy (non-hydrogen) atoms. The standard InChI is InChI=1S/C10H13NO5/c1-3-5-15-10(13)11-7-6-8(12)16-9(7)14-4-2/h3,6,9H,1,4-5H2,2H3,(H,11,13). The number of hydrogen-bond donors (Lipinski definition) is 1. The fraction of sp³-hybridized carbons (Fsp3) is 0.400. The second-order valence-electron chi connectivity index (χ2n) is 2.84. The number of esters is 1. The molecule has 0 saturated heterocycles. The van der Waals surface area contributed by atoms with Crippen LogP contribution < -0.4 is 5.32 Å². The Morgan fingerprint density at radius 2 is 2.50 bits per heavy atom. The summed E-state index contributed by atoms with van der Waals surface area (Å²) in [6, 6.07) is 0. The van der Waals surface area contributed by atoms with E-state index in [4.69, 9.17) is 9.47 Å². The minimum atomic E-state index is -0.867. The molecule has 0 bridgehead atoms. The quantitative estimate of drug-likeness (QED) is 0.553. The summed E-state index contributed by atoms with van der Waals surface area (Å²) in [4.78, 5) is 22.1. The van der Waals surface area contributed by atoms with Crippen molar-refractivity contribution < 1.29 is 23.8 Å². The Labute approximate surface area is 92.9 Å². The van der Waals surface area contributed by atoms with E-state index in [-0.39, 0.29) is 12.3 Å². The normalized spacial score (nSPS) is 18.7. The fourth-order valence-corrected chi connectivity index (χ4v) is 1.06. The zero-order chi connectivity index (χ0) is 12.0. The number of cyclic esters (lactones) is 1. The van der Waals surface area contributed by atoms with Gasteiger partial charge < -0.3 is 14.2 Å². The van der Waals surface area contributed by atoms with Crippen LogP contribution in [0.4, 0.5) is 4.79 Å². The van der Waals surface area contributed by atoms with Gasteiger partial charge in [-0.05, 0) is 6.92 Å². The highest BCUT2D eigenvalue weighted by molar-refractivity contribution is 5.87. The van der Waals surface area contributed by atoms with Gasteiger partial charge in [-0.2, -0.15) is 0 Å². The lowest BCUT2D eigenvalue weighted by Gasteiger charge is -2.14. The van der Waals surface area contributed by atoms with Crippen molar-refractivity contribution in [1.29, 1.82) is 0 Å². The van der Waals surface area contributed by atoms with Gasteiger partial charge in [0.05, 0.1) is 5.70 Å². The summed E-state index contributed by atoms with van der Waals surface area (Å²) in [7, 11) is 0. The molecule has 1 atom stereocenters. The third kappa shape index (κ3) is 3.39. The predicted octanol–water partition coefficient (Wildman–Crippen LogP) is 0.702. The van der Waals surface area contributed by atoms with Crippen LogP contribution in [0.3, 0.4) is 0 Å². The topological polar surface area (TPSA) is 73.9 Å². The third-order valence-electron chi connectivity index (χ3n) is 1.65. The minimum absolute atomic E-state index is 0.0905. The van der Waals surface area contributed by atoms with E-state index < -0.39 is 18.4 Å².